The summed E-state index contributed by atoms with van der Waals surface area (Å²) in [6.07, 6.45) is 0. The standard InChI is InChI=1S/C10H20N2O6S/c1-8(2)5-11-19(15,16)12(6-9(13)17-3)7-10(14)18-4/h8,11H,5-7H2,1-4H3. The normalized spacial score (nSPS) is 11.7. The summed E-state index contributed by atoms with van der Waals surface area (Å²) in [6, 6.07) is 0. The zero-order chi connectivity index (χ0) is 15.1. The fraction of sp³-hybridized carbons (Fsp3) is 0.800. The molecule has 0 spiro atoms. The van der Waals surface area contributed by atoms with Gasteiger partial charge in [-0.05, 0) is 5.92 Å². The summed E-state index contributed by atoms with van der Waals surface area (Å²) < 4.78 is 35.6. The molecule has 0 saturated heterocycles. The van der Waals surface area contributed by atoms with Gasteiger partial charge in [0.25, 0.3) is 10.2 Å². The lowest BCUT2D eigenvalue weighted by Gasteiger charge is -2.20. The number of methoxy groups -OCH3 is 2. The van der Waals surface area contributed by atoms with Crippen LogP contribution in [0.2, 0.25) is 0 Å². The summed E-state index contributed by atoms with van der Waals surface area (Å²) in [4.78, 5) is 22.3. The Morgan fingerprint density at radius 2 is 1.53 bits per heavy atom. The smallest absolute Gasteiger partial charge is 0.321 e. The summed E-state index contributed by atoms with van der Waals surface area (Å²) in [5.41, 5.74) is 0. The molecule has 8 nitrogen and oxygen atoms in total. The molecular weight excluding hydrogens is 276 g/mol. The molecule has 0 aromatic carbocycles. The van der Waals surface area contributed by atoms with Crippen molar-refractivity contribution >= 4 is 22.1 Å². The lowest BCUT2D eigenvalue weighted by atomic mass is 10.2. The first-order valence-corrected chi connectivity index (χ1v) is 7.05. The average molecular weight is 296 g/mol. The molecule has 0 rings (SSSR count). The van der Waals surface area contributed by atoms with Crippen molar-refractivity contribution in [1.29, 1.82) is 0 Å². The second-order valence-electron chi connectivity index (χ2n) is 4.17. The minimum atomic E-state index is -3.95. The van der Waals surface area contributed by atoms with E-state index in [2.05, 4.69) is 14.2 Å². The van der Waals surface area contributed by atoms with E-state index in [-0.39, 0.29) is 12.5 Å². The summed E-state index contributed by atoms with van der Waals surface area (Å²) in [6.45, 7) is 2.74. The summed E-state index contributed by atoms with van der Waals surface area (Å²) in [5.74, 6) is -1.44. The lowest BCUT2D eigenvalue weighted by molar-refractivity contribution is -0.143. The third kappa shape index (κ3) is 7.09. The van der Waals surface area contributed by atoms with Crippen LogP contribution in [-0.4, -0.2) is 58.5 Å². The van der Waals surface area contributed by atoms with Gasteiger partial charge in [-0.15, -0.1) is 0 Å². The second-order valence-corrected chi connectivity index (χ2v) is 5.92. The maximum atomic E-state index is 11.9. The van der Waals surface area contributed by atoms with Crippen molar-refractivity contribution in [3.8, 4) is 0 Å². The van der Waals surface area contributed by atoms with Gasteiger partial charge in [-0.2, -0.15) is 12.7 Å². The van der Waals surface area contributed by atoms with Crippen molar-refractivity contribution in [1.82, 2.24) is 9.03 Å². The topological polar surface area (TPSA) is 102 Å². The van der Waals surface area contributed by atoms with Crippen molar-refractivity contribution in [3.63, 3.8) is 0 Å². The van der Waals surface area contributed by atoms with Crippen LogP contribution in [0, 0.1) is 5.92 Å². The Kier molecular flexibility index (Phi) is 7.57. The monoisotopic (exact) mass is 296 g/mol. The van der Waals surface area contributed by atoms with Gasteiger partial charge in [0.2, 0.25) is 0 Å². The number of hydrogen-bond acceptors (Lipinski definition) is 6. The number of nitrogens with one attached hydrogen (secondary N) is 1. The molecule has 0 aromatic heterocycles. The molecule has 0 atom stereocenters. The summed E-state index contributed by atoms with van der Waals surface area (Å²) in [7, 11) is -1.68. The Balaban J connectivity index is 4.88. The minimum Gasteiger partial charge on any atom is -0.468 e. The highest BCUT2D eigenvalue weighted by Gasteiger charge is 2.27. The number of ether oxygens (including phenoxy) is 2. The van der Waals surface area contributed by atoms with Crippen molar-refractivity contribution in [2.24, 2.45) is 5.92 Å². The van der Waals surface area contributed by atoms with Crippen LogP contribution in [0.3, 0.4) is 0 Å². The maximum Gasteiger partial charge on any atom is 0.321 e. The van der Waals surface area contributed by atoms with Gasteiger partial charge in [0.05, 0.1) is 14.2 Å². The van der Waals surface area contributed by atoms with E-state index in [0.29, 0.717) is 4.31 Å². The molecule has 9 heteroatoms. The van der Waals surface area contributed by atoms with E-state index >= 15 is 0 Å². The molecule has 19 heavy (non-hydrogen) atoms. The van der Waals surface area contributed by atoms with Gasteiger partial charge in [-0.25, -0.2) is 4.72 Å². The molecular formula is C10H20N2O6S. The first-order chi connectivity index (χ1) is 8.72. The highest BCUT2D eigenvalue weighted by atomic mass is 32.2. The number of carbonyl (C=O) groups excluding carboxylic acids is 2. The third-order valence-electron chi connectivity index (χ3n) is 2.08. The zero-order valence-corrected chi connectivity index (χ0v) is 12.3. The van der Waals surface area contributed by atoms with E-state index in [4.69, 9.17) is 0 Å². The highest BCUT2D eigenvalue weighted by molar-refractivity contribution is 7.87. The number of carbonyl (C=O) groups is 2. The lowest BCUT2D eigenvalue weighted by Crippen LogP contribution is -2.47. The van der Waals surface area contributed by atoms with E-state index in [1.54, 1.807) is 0 Å². The molecule has 0 aliphatic rings. The first kappa shape index (κ1) is 17.8. The summed E-state index contributed by atoms with van der Waals surface area (Å²) >= 11 is 0. The average Bonchev–Trinajstić information content (AvgIpc) is 2.35. The fourth-order valence-electron chi connectivity index (χ4n) is 1.01. The molecule has 0 radical (unpaired) electrons. The maximum absolute atomic E-state index is 11.9. The van der Waals surface area contributed by atoms with Crippen LogP contribution in [0.5, 0.6) is 0 Å². The van der Waals surface area contributed by atoms with E-state index in [1.165, 1.54) is 0 Å². The second kappa shape index (κ2) is 8.08. The van der Waals surface area contributed by atoms with Crippen LogP contribution < -0.4 is 4.72 Å². The van der Waals surface area contributed by atoms with Crippen molar-refractivity contribution < 1.29 is 27.5 Å². The van der Waals surface area contributed by atoms with Gasteiger partial charge in [-0.1, -0.05) is 13.8 Å². The van der Waals surface area contributed by atoms with Crippen molar-refractivity contribution in [2.45, 2.75) is 13.8 Å². The number of hydrogen-bond donors (Lipinski definition) is 1. The Labute approximate surface area is 113 Å². The molecule has 0 aliphatic heterocycles. The molecule has 0 aromatic rings. The number of nitrogens with zero attached hydrogens (tertiary/aromatic N) is 1. The third-order valence-corrected chi connectivity index (χ3v) is 3.55. The fourth-order valence-corrected chi connectivity index (χ4v) is 2.28. The zero-order valence-electron chi connectivity index (χ0n) is 11.5. The van der Waals surface area contributed by atoms with Gasteiger partial charge >= 0.3 is 11.9 Å². The number of esters is 2. The largest absolute Gasteiger partial charge is 0.468 e. The van der Waals surface area contributed by atoms with Crippen LogP contribution in [0.15, 0.2) is 0 Å². The Hall–Kier alpha value is -1.19. The quantitative estimate of drug-likeness (QED) is 0.584. The van der Waals surface area contributed by atoms with Gasteiger partial charge in [-0.3, -0.25) is 9.59 Å². The summed E-state index contributed by atoms with van der Waals surface area (Å²) in [5, 5.41) is 0. The number of rotatable bonds is 8. The molecule has 0 amide bonds. The van der Waals surface area contributed by atoms with Gasteiger partial charge < -0.3 is 9.47 Å². The van der Waals surface area contributed by atoms with Gasteiger partial charge in [0, 0.05) is 6.54 Å². The van der Waals surface area contributed by atoms with Crippen molar-refractivity contribution in [2.75, 3.05) is 33.9 Å². The Bertz CT molecular complexity index is 388. The first-order valence-electron chi connectivity index (χ1n) is 5.61. The van der Waals surface area contributed by atoms with Crippen LogP contribution in [0.4, 0.5) is 0 Å². The van der Waals surface area contributed by atoms with E-state index < -0.39 is 35.2 Å². The molecule has 0 heterocycles. The molecule has 0 unspecified atom stereocenters. The Morgan fingerprint density at radius 1 is 1.11 bits per heavy atom. The minimum absolute atomic E-state index is 0.0906. The molecule has 0 fully saturated rings. The van der Waals surface area contributed by atoms with E-state index in [0.717, 1.165) is 14.2 Å². The van der Waals surface area contributed by atoms with Crippen LogP contribution >= 0.6 is 0 Å². The van der Waals surface area contributed by atoms with Crippen LogP contribution in [0.1, 0.15) is 13.8 Å². The van der Waals surface area contributed by atoms with Crippen molar-refractivity contribution in [3.05, 3.63) is 0 Å². The van der Waals surface area contributed by atoms with Crippen LogP contribution in [-0.2, 0) is 29.3 Å². The predicted octanol–water partition coefficient (Wildman–Crippen LogP) is -0.875. The molecule has 1 N–H and O–H groups in total. The van der Waals surface area contributed by atoms with E-state index in [9.17, 15) is 18.0 Å². The SMILES string of the molecule is COC(=O)CN(CC(=O)OC)S(=O)(=O)NCC(C)C. The molecule has 0 bridgehead atoms. The van der Waals surface area contributed by atoms with Gasteiger partial charge in [0.1, 0.15) is 13.1 Å². The van der Waals surface area contributed by atoms with Gasteiger partial charge in [0.15, 0.2) is 0 Å². The van der Waals surface area contributed by atoms with Crippen LogP contribution in [0.25, 0.3) is 0 Å². The molecule has 0 saturated carbocycles. The molecule has 112 valence electrons. The highest BCUT2D eigenvalue weighted by Crippen LogP contribution is 2.01. The predicted molar refractivity (Wildman–Crippen MR) is 67.4 cm³/mol. The Morgan fingerprint density at radius 3 is 1.84 bits per heavy atom. The molecule has 0 aliphatic carbocycles. The van der Waals surface area contributed by atoms with E-state index in [1.807, 2.05) is 13.8 Å².